The normalized spacial score (nSPS) is 14.6. The predicted octanol–water partition coefficient (Wildman–Crippen LogP) is 3.66. The predicted molar refractivity (Wildman–Crippen MR) is 81.6 cm³/mol. The zero-order chi connectivity index (χ0) is 13.7. The molecule has 0 spiro atoms. The van der Waals surface area contributed by atoms with Crippen LogP contribution in [0.1, 0.15) is 38.3 Å². The number of nitrogens with one attached hydrogen (secondary N) is 1. The first-order valence-corrected chi connectivity index (χ1v) is 7.37. The third-order valence-corrected chi connectivity index (χ3v) is 3.56. The maximum atomic E-state index is 5.55. The van der Waals surface area contributed by atoms with E-state index in [0.717, 1.165) is 31.9 Å². The van der Waals surface area contributed by atoms with Gasteiger partial charge in [0.1, 0.15) is 5.75 Å². The molecule has 1 N–H and O–H groups in total. The second kappa shape index (κ2) is 6.76. The molecule has 1 aromatic rings. The van der Waals surface area contributed by atoms with Gasteiger partial charge in [0.25, 0.3) is 0 Å². The standard InChI is InChI=1S/C17H25NO/c1-4-8-18-12-16(13(2)3)11-14-5-6-17-15(10-14)7-9-19-17/h5-6,10-11,13,18H,4,7-9,12H2,1-3H3. The van der Waals surface area contributed by atoms with E-state index in [2.05, 4.69) is 50.4 Å². The molecular formula is C17H25NO. The molecule has 0 saturated heterocycles. The Morgan fingerprint density at radius 2 is 2.26 bits per heavy atom. The Morgan fingerprint density at radius 1 is 1.42 bits per heavy atom. The molecule has 19 heavy (non-hydrogen) atoms. The van der Waals surface area contributed by atoms with Gasteiger partial charge in [-0.1, -0.05) is 38.5 Å². The van der Waals surface area contributed by atoms with Crippen LogP contribution in [0, 0.1) is 5.92 Å². The highest BCUT2D eigenvalue weighted by atomic mass is 16.5. The van der Waals surface area contributed by atoms with Crippen molar-refractivity contribution in [2.45, 2.75) is 33.6 Å². The molecule has 2 nitrogen and oxygen atoms in total. The van der Waals surface area contributed by atoms with E-state index in [4.69, 9.17) is 4.74 Å². The second-order valence-electron chi connectivity index (χ2n) is 5.52. The van der Waals surface area contributed by atoms with E-state index in [1.165, 1.54) is 23.1 Å². The number of hydrogen-bond acceptors (Lipinski definition) is 2. The highest BCUT2D eigenvalue weighted by molar-refractivity contribution is 5.57. The Kier molecular flexibility index (Phi) is 5.03. The Labute approximate surface area is 116 Å². The number of benzene rings is 1. The van der Waals surface area contributed by atoms with Gasteiger partial charge in [-0.15, -0.1) is 0 Å². The van der Waals surface area contributed by atoms with E-state index in [1.54, 1.807) is 0 Å². The lowest BCUT2D eigenvalue weighted by molar-refractivity contribution is 0.357. The molecule has 0 radical (unpaired) electrons. The Bertz CT molecular complexity index is 449. The highest BCUT2D eigenvalue weighted by Gasteiger charge is 2.12. The van der Waals surface area contributed by atoms with Gasteiger partial charge in [-0.2, -0.15) is 0 Å². The van der Waals surface area contributed by atoms with Crippen LogP contribution in [0.25, 0.3) is 6.08 Å². The average Bonchev–Trinajstić information content (AvgIpc) is 2.85. The molecule has 1 heterocycles. The van der Waals surface area contributed by atoms with E-state index in [9.17, 15) is 0 Å². The van der Waals surface area contributed by atoms with Crippen LogP contribution in [0.3, 0.4) is 0 Å². The van der Waals surface area contributed by atoms with Crippen molar-refractivity contribution in [1.29, 1.82) is 0 Å². The molecule has 0 atom stereocenters. The van der Waals surface area contributed by atoms with Gasteiger partial charge in [0, 0.05) is 13.0 Å². The van der Waals surface area contributed by atoms with E-state index in [0.29, 0.717) is 5.92 Å². The topological polar surface area (TPSA) is 21.3 Å². The molecule has 1 aliphatic heterocycles. The first kappa shape index (κ1) is 14.1. The molecule has 0 unspecified atom stereocenters. The minimum atomic E-state index is 0.578. The van der Waals surface area contributed by atoms with Crippen molar-refractivity contribution in [1.82, 2.24) is 5.32 Å². The Balaban J connectivity index is 2.11. The van der Waals surface area contributed by atoms with Crippen molar-refractivity contribution in [3.63, 3.8) is 0 Å². The molecular weight excluding hydrogens is 234 g/mol. The molecule has 0 amide bonds. The summed E-state index contributed by atoms with van der Waals surface area (Å²) in [5.74, 6) is 1.64. The third-order valence-electron chi connectivity index (χ3n) is 3.56. The van der Waals surface area contributed by atoms with E-state index >= 15 is 0 Å². The molecule has 2 rings (SSSR count). The molecule has 2 heteroatoms. The smallest absolute Gasteiger partial charge is 0.122 e. The van der Waals surface area contributed by atoms with Crippen molar-refractivity contribution in [2.24, 2.45) is 5.92 Å². The number of rotatable bonds is 6. The molecule has 0 saturated carbocycles. The van der Waals surface area contributed by atoms with Crippen molar-refractivity contribution < 1.29 is 4.74 Å². The van der Waals surface area contributed by atoms with Crippen molar-refractivity contribution >= 4 is 6.08 Å². The molecule has 0 aliphatic carbocycles. The van der Waals surface area contributed by atoms with Gasteiger partial charge < -0.3 is 10.1 Å². The number of hydrogen-bond donors (Lipinski definition) is 1. The summed E-state index contributed by atoms with van der Waals surface area (Å²) in [6, 6.07) is 6.53. The van der Waals surface area contributed by atoms with Crippen LogP contribution in [-0.4, -0.2) is 19.7 Å². The zero-order valence-corrected chi connectivity index (χ0v) is 12.3. The van der Waals surface area contributed by atoms with Crippen LogP contribution in [0.4, 0.5) is 0 Å². The van der Waals surface area contributed by atoms with Crippen LogP contribution in [0.15, 0.2) is 23.8 Å². The van der Waals surface area contributed by atoms with Crippen LogP contribution in [0.5, 0.6) is 5.75 Å². The highest BCUT2D eigenvalue weighted by Crippen LogP contribution is 2.27. The molecule has 0 aromatic heterocycles. The van der Waals surface area contributed by atoms with Crippen molar-refractivity contribution in [3.8, 4) is 5.75 Å². The number of fused-ring (bicyclic) bond motifs is 1. The second-order valence-corrected chi connectivity index (χ2v) is 5.52. The van der Waals surface area contributed by atoms with Crippen LogP contribution < -0.4 is 10.1 Å². The van der Waals surface area contributed by atoms with E-state index in [-0.39, 0.29) is 0 Å². The SMILES string of the molecule is CCCNCC(=Cc1ccc2c(c1)CCO2)C(C)C. The summed E-state index contributed by atoms with van der Waals surface area (Å²) < 4.78 is 5.55. The molecule has 1 aromatic carbocycles. The minimum absolute atomic E-state index is 0.578. The summed E-state index contributed by atoms with van der Waals surface area (Å²) in [7, 11) is 0. The quantitative estimate of drug-likeness (QED) is 0.787. The minimum Gasteiger partial charge on any atom is -0.493 e. The summed E-state index contributed by atoms with van der Waals surface area (Å²) >= 11 is 0. The first-order chi connectivity index (χ1) is 9.20. The maximum Gasteiger partial charge on any atom is 0.122 e. The lowest BCUT2D eigenvalue weighted by Gasteiger charge is -2.13. The van der Waals surface area contributed by atoms with Gasteiger partial charge in [0.15, 0.2) is 0 Å². The van der Waals surface area contributed by atoms with Crippen LogP contribution in [-0.2, 0) is 6.42 Å². The average molecular weight is 259 g/mol. The lowest BCUT2D eigenvalue weighted by atomic mass is 9.99. The summed E-state index contributed by atoms with van der Waals surface area (Å²) in [4.78, 5) is 0. The Hall–Kier alpha value is -1.28. The number of ether oxygens (including phenoxy) is 1. The zero-order valence-electron chi connectivity index (χ0n) is 12.3. The monoisotopic (exact) mass is 259 g/mol. The van der Waals surface area contributed by atoms with Gasteiger partial charge in [-0.05, 0) is 42.1 Å². The van der Waals surface area contributed by atoms with Gasteiger partial charge in [-0.25, -0.2) is 0 Å². The molecule has 1 aliphatic rings. The first-order valence-electron chi connectivity index (χ1n) is 7.37. The molecule has 0 fully saturated rings. The van der Waals surface area contributed by atoms with Gasteiger partial charge in [-0.3, -0.25) is 0 Å². The van der Waals surface area contributed by atoms with Crippen LogP contribution in [0.2, 0.25) is 0 Å². The molecule has 104 valence electrons. The van der Waals surface area contributed by atoms with Gasteiger partial charge in [0.05, 0.1) is 6.61 Å². The Morgan fingerprint density at radius 3 is 3.00 bits per heavy atom. The fraction of sp³-hybridized carbons (Fsp3) is 0.529. The largest absolute Gasteiger partial charge is 0.493 e. The van der Waals surface area contributed by atoms with E-state index < -0.39 is 0 Å². The fourth-order valence-electron chi connectivity index (χ4n) is 2.34. The van der Waals surface area contributed by atoms with Gasteiger partial charge >= 0.3 is 0 Å². The van der Waals surface area contributed by atoms with Crippen LogP contribution >= 0.6 is 0 Å². The summed E-state index contributed by atoms with van der Waals surface area (Å²) in [6.07, 6.45) is 4.55. The lowest BCUT2D eigenvalue weighted by Crippen LogP contribution is -2.19. The fourth-order valence-corrected chi connectivity index (χ4v) is 2.34. The summed E-state index contributed by atoms with van der Waals surface area (Å²) in [5.41, 5.74) is 4.11. The summed E-state index contributed by atoms with van der Waals surface area (Å²) in [6.45, 7) is 9.62. The summed E-state index contributed by atoms with van der Waals surface area (Å²) in [5, 5.41) is 3.50. The van der Waals surface area contributed by atoms with Crippen molar-refractivity contribution in [2.75, 3.05) is 19.7 Å². The molecule has 0 bridgehead atoms. The van der Waals surface area contributed by atoms with Gasteiger partial charge in [0.2, 0.25) is 0 Å². The van der Waals surface area contributed by atoms with Crippen molar-refractivity contribution in [3.05, 3.63) is 34.9 Å². The van der Waals surface area contributed by atoms with E-state index in [1.807, 2.05) is 0 Å². The maximum absolute atomic E-state index is 5.55. The third kappa shape index (κ3) is 3.84.